The number of aromatic nitrogens is 1. The second-order valence-corrected chi connectivity index (χ2v) is 9.18. The van der Waals surface area contributed by atoms with E-state index in [-0.39, 0.29) is 51.7 Å². The molecule has 12 heteroatoms. The standard InChI is InChI=1S/C19H18N4O7S/c1-11-14(8-20)18(24)22(13-5-6-31(28,29)10-13)19(25)15(11)9-21-16-7-12(23(26)27)3-4-17(16)30-2/h3-4,7,9,13,25H,5-6,10H2,1-2H3/t13-/m0/s1. The maximum absolute atomic E-state index is 12.7. The van der Waals surface area contributed by atoms with Crippen molar-refractivity contribution in [3.8, 4) is 17.7 Å². The van der Waals surface area contributed by atoms with Gasteiger partial charge in [-0.25, -0.2) is 8.42 Å². The number of nitriles is 1. The first-order valence-electron chi connectivity index (χ1n) is 9.04. The summed E-state index contributed by atoms with van der Waals surface area (Å²) in [7, 11) is -2.01. The molecule has 0 spiro atoms. The van der Waals surface area contributed by atoms with E-state index in [0.29, 0.717) is 0 Å². The molecule has 1 saturated heterocycles. The van der Waals surface area contributed by atoms with Gasteiger partial charge in [-0.2, -0.15) is 5.26 Å². The lowest BCUT2D eigenvalue weighted by molar-refractivity contribution is -0.384. The molecule has 0 bridgehead atoms. The number of hydrogen-bond acceptors (Lipinski definition) is 9. The molecule has 1 aliphatic rings. The Morgan fingerprint density at radius 3 is 2.71 bits per heavy atom. The molecule has 1 aromatic heterocycles. The molecule has 3 rings (SSSR count). The number of hydrogen-bond donors (Lipinski definition) is 1. The Labute approximate surface area is 176 Å². The summed E-state index contributed by atoms with van der Waals surface area (Å²) in [6.45, 7) is 1.45. The number of nitrogens with zero attached hydrogens (tertiary/aromatic N) is 4. The molecule has 0 aliphatic carbocycles. The maximum Gasteiger partial charge on any atom is 0.271 e. The van der Waals surface area contributed by atoms with Gasteiger partial charge in [-0.3, -0.25) is 24.5 Å². The highest BCUT2D eigenvalue weighted by molar-refractivity contribution is 7.91. The van der Waals surface area contributed by atoms with E-state index in [4.69, 9.17) is 4.74 Å². The van der Waals surface area contributed by atoms with Crippen LogP contribution in [0.5, 0.6) is 11.6 Å². The van der Waals surface area contributed by atoms with Crippen molar-refractivity contribution in [2.75, 3.05) is 18.6 Å². The van der Waals surface area contributed by atoms with Gasteiger partial charge in [0, 0.05) is 18.3 Å². The number of methoxy groups -OCH3 is 1. The Morgan fingerprint density at radius 2 is 2.16 bits per heavy atom. The van der Waals surface area contributed by atoms with E-state index >= 15 is 0 Å². The maximum atomic E-state index is 12.7. The van der Waals surface area contributed by atoms with Crippen LogP contribution in [0, 0.1) is 28.4 Å². The van der Waals surface area contributed by atoms with Gasteiger partial charge in [0.15, 0.2) is 9.84 Å². The van der Waals surface area contributed by atoms with Gasteiger partial charge in [-0.15, -0.1) is 0 Å². The molecule has 31 heavy (non-hydrogen) atoms. The molecule has 0 unspecified atom stereocenters. The summed E-state index contributed by atoms with van der Waals surface area (Å²) in [6.07, 6.45) is 1.28. The van der Waals surface area contributed by atoms with Gasteiger partial charge < -0.3 is 9.84 Å². The van der Waals surface area contributed by atoms with E-state index < -0.39 is 32.2 Å². The van der Waals surface area contributed by atoms with Crippen molar-refractivity contribution in [3.05, 3.63) is 55.4 Å². The lowest BCUT2D eigenvalue weighted by Gasteiger charge is -2.18. The van der Waals surface area contributed by atoms with Gasteiger partial charge in [0.2, 0.25) is 5.88 Å². The number of nitro groups is 1. The topological polar surface area (TPSA) is 165 Å². The van der Waals surface area contributed by atoms with Crippen LogP contribution >= 0.6 is 0 Å². The molecule has 1 N–H and O–H groups in total. The third-order valence-corrected chi connectivity index (χ3v) is 6.82. The van der Waals surface area contributed by atoms with E-state index in [2.05, 4.69) is 4.99 Å². The molecular formula is C19H18N4O7S. The summed E-state index contributed by atoms with van der Waals surface area (Å²) in [6, 6.07) is 4.76. The summed E-state index contributed by atoms with van der Waals surface area (Å²) in [5.41, 5.74) is -1.01. The van der Waals surface area contributed by atoms with Crippen LogP contribution in [-0.4, -0.2) is 47.8 Å². The summed E-state index contributed by atoms with van der Waals surface area (Å²) in [4.78, 5) is 27.3. The molecule has 162 valence electrons. The first-order valence-corrected chi connectivity index (χ1v) is 10.9. The largest absolute Gasteiger partial charge is 0.494 e. The first-order chi connectivity index (χ1) is 14.6. The molecule has 2 heterocycles. The zero-order chi connectivity index (χ0) is 22.9. The summed E-state index contributed by atoms with van der Waals surface area (Å²) < 4.78 is 29.8. The minimum Gasteiger partial charge on any atom is -0.494 e. The number of rotatable bonds is 5. The van der Waals surface area contributed by atoms with Crippen LogP contribution in [0.25, 0.3) is 0 Å². The lowest BCUT2D eigenvalue weighted by Crippen LogP contribution is -2.29. The normalized spacial score (nSPS) is 17.5. The quantitative estimate of drug-likeness (QED) is 0.412. The zero-order valence-corrected chi connectivity index (χ0v) is 17.4. The van der Waals surface area contributed by atoms with Crippen molar-refractivity contribution in [2.24, 2.45) is 4.99 Å². The molecule has 1 aliphatic heterocycles. The van der Waals surface area contributed by atoms with Gasteiger partial charge in [-0.1, -0.05) is 0 Å². The number of aromatic hydroxyl groups is 1. The van der Waals surface area contributed by atoms with Gasteiger partial charge in [0.25, 0.3) is 11.2 Å². The Hall–Kier alpha value is -3.72. The van der Waals surface area contributed by atoms with Crippen molar-refractivity contribution in [1.29, 1.82) is 5.26 Å². The van der Waals surface area contributed by atoms with Crippen molar-refractivity contribution in [3.63, 3.8) is 0 Å². The van der Waals surface area contributed by atoms with Crippen LogP contribution in [0.4, 0.5) is 11.4 Å². The number of non-ortho nitro benzene ring substituents is 1. The van der Waals surface area contributed by atoms with Crippen LogP contribution in [-0.2, 0) is 9.84 Å². The smallest absolute Gasteiger partial charge is 0.271 e. The van der Waals surface area contributed by atoms with Crippen LogP contribution in [0.1, 0.15) is 29.2 Å². The fourth-order valence-corrected chi connectivity index (χ4v) is 5.14. The lowest BCUT2D eigenvalue weighted by atomic mass is 10.0. The summed E-state index contributed by atoms with van der Waals surface area (Å²) in [5, 5.41) is 31.3. The molecule has 0 radical (unpaired) electrons. The highest BCUT2D eigenvalue weighted by Gasteiger charge is 2.33. The highest BCUT2D eigenvalue weighted by Crippen LogP contribution is 2.33. The Bertz CT molecular complexity index is 1310. The predicted molar refractivity (Wildman–Crippen MR) is 111 cm³/mol. The molecule has 1 fully saturated rings. The predicted octanol–water partition coefficient (Wildman–Crippen LogP) is 1.76. The third kappa shape index (κ3) is 4.13. The third-order valence-electron chi connectivity index (χ3n) is 5.07. The summed E-state index contributed by atoms with van der Waals surface area (Å²) >= 11 is 0. The number of aliphatic imine (C=N–C) groups is 1. The number of ether oxygens (including phenoxy) is 1. The van der Waals surface area contributed by atoms with Gasteiger partial charge in [0.1, 0.15) is 23.1 Å². The number of benzene rings is 1. The highest BCUT2D eigenvalue weighted by atomic mass is 32.2. The van der Waals surface area contributed by atoms with E-state index in [1.54, 1.807) is 6.07 Å². The number of pyridine rings is 1. The monoisotopic (exact) mass is 446 g/mol. The minimum absolute atomic E-state index is 0.0222. The fraction of sp³-hybridized carbons (Fsp3) is 0.316. The van der Waals surface area contributed by atoms with Gasteiger partial charge in [0.05, 0.1) is 35.1 Å². The van der Waals surface area contributed by atoms with E-state index in [0.717, 1.165) is 10.8 Å². The molecule has 0 amide bonds. The average Bonchev–Trinajstić information content (AvgIpc) is 3.07. The van der Waals surface area contributed by atoms with Crippen LogP contribution < -0.4 is 10.3 Å². The first kappa shape index (κ1) is 22.0. The van der Waals surface area contributed by atoms with Crippen molar-refractivity contribution >= 4 is 27.4 Å². The van der Waals surface area contributed by atoms with Crippen molar-refractivity contribution in [2.45, 2.75) is 19.4 Å². The van der Waals surface area contributed by atoms with Gasteiger partial charge >= 0.3 is 0 Å². The Kier molecular flexibility index (Phi) is 5.81. The van der Waals surface area contributed by atoms with Crippen molar-refractivity contribution < 1.29 is 23.2 Å². The molecule has 0 saturated carbocycles. The second kappa shape index (κ2) is 8.19. The SMILES string of the molecule is COc1ccc([N+](=O)[O-])cc1N=Cc1c(C)c(C#N)c(=O)n([C@H]2CCS(=O)(=O)C2)c1O. The van der Waals surface area contributed by atoms with E-state index in [1.807, 2.05) is 0 Å². The fourth-order valence-electron chi connectivity index (χ4n) is 3.44. The summed E-state index contributed by atoms with van der Waals surface area (Å²) in [5.74, 6) is -0.761. The molecule has 1 atom stereocenters. The van der Waals surface area contributed by atoms with Gasteiger partial charge in [-0.05, 0) is 25.0 Å². The molecular weight excluding hydrogens is 428 g/mol. The second-order valence-electron chi connectivity index (χ2n) is 6.95. The molecule has 1 aromatic carbocycles. The number of sulfone groups is 1. The van der Waals surface area contributed by atoms with Crippen LogP contribution in [0.2, 0.25) is 0 Å². The van der Waals surface area contributed by atoms with Crippen LogP contribution in [0.15, 0.2) is 28.0 Å². The average molecular weight is 446 g/mol. The molecule has 2 aromatic rings. The number of nitro benzene ring substituents is 1. The minimum atomic E-state index is -3.36. The van der Waals surface area contributed by atoms with Crippen LogP contribution in [0.3, 0.4) is 0 Å². The van der Waals surface area contributed by atoms with E-state index in [9.17, 15) is 33.7 Å². The van der Waals surface area contributed by atoms with E-state index in [1.165, 1.54) is 32.2 Å². The van der Waals surface area contributed by atoms with Crippen molar-refractivity contribution in [1.82, 2.24) is 4.57 Å². The zero-order valence-electron chi connectivity index (χ0n) is 16.6. The Morgan fingerprint density at radius 1 is 1.45 bits per heavy atom. The Balaban J connectivity index is 2.18. The molecule has 11 nitrogen and oxygen atoms in total.